The van der Waals surface area contributed by atoms with Crippen LogP contribution < -0.4 is 27.8 Å². The molecule has 3 amide bonds. The van der Waals surface area contributed by atoms with Crippen molar-refractivity contribution in [2.75, 3.05) is 44.6 Å². The van der Waals surface area contributed by atoms with Crippen LogP contribution in [0.4, 0.5) is 5.69 Å². The minimum atomic E-state index is -3.74. The molecule has 12 nitrogen and oxygen atoms in total. The molecule has 0 fully saturated rings. The zero-order valence-corrected chi connectivity index (χ0v) is 24.6. The lowest BCUT2D eigenvalue weighted by Crippen LogP contribution is -2.52. The molecule has 0 aliphatic rings. The summed E-state index contributed by atoms with van der Waals surface area (Å²) in [5.41, 5.74) is 18.4. The number of rotatable bonds is 17. The van der Waals surface area contributed by atoms with Crippen LogP contribution in [0, 0.1) is 0 Å². The van der Waals surface area contributed by atoms with Crippen LogP contribution in [0.5, 0.6) is 0 Å². The van der Waals surface area contributed by atoms with Crippen molar-refractivity contribution in [2.24, 2.45) is 17.2 Å². The highest BCUT2D eigenvalue weighted by Gasteiger charge is 2.27. The molecular formula is C28H43N7O5S. The van der Waals surface area contributed by atoms with Gasteiger partial charge in [0.25, 0.3) is 0 Å². The Morgan fingerprint density at radius 2 is 1.54 bits per heavy atom. The highest BCUT2D eigenvalue weighted by Crippen LogP contribution is 2.20. The minimum Gasteiger partial charge on any atom is -0.343 e. The van der Waals surface area contributed by atoms with Crippen LogP contribution in [0.15, 0.2) is 59.5 Å². The van der Waals surface area contributed by atoms with Gasteiger partial charge < -0.3 is 32.7 Å². The van der Waals surface area contributed by atoms with E-state index in [0.717, 1.165) is 5.56 Å². The first-order chi connectivity index (χ1) is 19.6. The molecule has 0 spiro atoms. The Bertz CT molecular complexity index is 1230. The number of hydrogen-bond acceptors (Lipinski definition) is 8. The zero-order chi connectivity index (χ0) is 30.4. The topological polar surface area (TPSA) is 194 Å². The molecule has 2 aromatic rings. The minimum absolute atomic E-state index is 0.0453. The van der Waals surface area contributed by atoms with Gasteiger partial charge in [-0.2, -0.15) is 4.31 Å². The third kappa shape index (κ3) is 10.2. The summed E-state index contributed by atoms with van der Waals surface area (Å²) in [6.45, 7) is 5.17. The predicted molar refractivity (Wildman–Crippen MR) is 159 cm³/mol. The highest BCUT2D eigenvalue weighted by atomic mass is 32.2. The molecular weight excluding hydrogens is 546 g/mol. The van der Waals surface area contributed by atoms with E-state index in [1.165, 1.54) is 21.3 Å². The average Bonchev–Trinajstić information content (AvgIpc) is 2.96. The molecule has 8 N–H and O–H groups in total. The van der Waals surface area contributed by atoms with Gasteiger partial charge in [-0.1, -0.05) is 50.2 Å². The summed E-state index contributed by atoms with van der Waals surface area (Å²) < 4.78 is 27.2. The van der Waals surface area contributed by atoms with Crippen molar-refractivity contribution in [3.8, 4) is 0 Å². The van der Waals surface area contributed by atoms with Gasteiger partial charge in [-0.05, 0) is 36.6 Å². The van der Waals surface area contributed by atoms with E-state index < -0.39 is 33.9 Å². The first kappa shape index (κ1) is 33.8. The van der Waals surface area contributed by atoms with Gasteiger partial charge >= 0.3 is 0 Å². The summed E-state index contributed by atoms with van der Waals surface area (Å²) in [7, 11) is -3.74. The first-order valence-electron chi connectivity index (χ1n) is 13.8. The number of amides is 3. The van der Waals surface area contributed by atoms with E-state index in [1.54, 1.807) is 26.0 Å². The van der Waals surface area contributed by atoms with Gasteiger partial charge in [0.1, 0.15) is 6.04 Å². The Labute approximate surface area is 242 Å². The molecule has 0 aliphatic heterocycles. The molecule has 0 aliphatic carbocycles. The molecule has 0 bridgehead atoms. The molecule has 13 heteroatoms. The third-order valence-corrected chi connectivity index (χ3v) is 8.57. The van der Waals surface area contributed by atoms with Crippen LogP contribution in [0.3, 0.4) is 0 Å². The van der Waals surface area contributed by atoms with Crippen LogP contribution in [0.1, 0.15) is 32.3 Å². The van der Waals surface area contributed by atoms with Gasteiger partial charge in [0.05, 0.1) is 17.4 Å². The maximum Gasteiger partial charge on any atom is 0.246 e. The van der Waals surface area contributed by atoms with Crippen LogP contribution in [-0.2, 0) is 30.8 Å². The maximum absolute atomic E-state index is 13.4. The van der Waals surface area contributed by atoms with E-state index in [9.17, 15) is 22.8 Å². The number of sulfonamides is 1. The summed E-state index contributed by atoms with van der Waals surface area (Å²) in [5, 5.41) is 5.40. The first-order valence-corrected chi connectivity index (χ1v) is 15.2. The fourth-order valence-corrected chi connectivity index (χ4v) is 5.77. The number of carbonyl (C=O) groups is 3. The molecule has 2 aromatic carbocycles. The van der Waals surface area contributed by atoms with Gasteiger partial charge in [-0.25, -0.2) is 8.42 Å². The molecule has 0 saturated carbocycles. The number of anilines is 1. The van der Waals surface area contributed by atoms with Crippen molar-refractivity contribution in [3.05, 3.63) is 60.2 Å². The van der Waals surface area contributed by atoms with Crippen LogP contribution >= 0.6 is 0 Å². The summed E-state index contributed by atoms with van der Waals surface area (Å²) in [4.78, 5) is 40.5. The van der Waals surface area contributed by atoms with E-state index in [4.69, 9.17) is 17.2 Å². The average molecular weight is 590 g/mol. The SMILES string of the molecule is CCN(CC)S(=O)(=O)c1cccc(NC(=O)[C@H](CCc2ccccc2)NC(=O)[C@@H](N)CC(=O)N(CCN)CCN)c1. The Hall–Kier alpha value is -3.36. The summed E-state index contributed by atoms with van der Waals surface area (Å²) in [6.07, 6.45) is 0.445. The maximum atomic E-state index is 13.4. The lowest BCUT2D eigenvalue weighted by molar-refractivity contribution is -0.134. The number of hydrogen-bond donors (Lipinski definition) is 5. The van der Waals surface area contributed by atoms with E-state index in [0.29, 0.717) is 19.5 Å². The zero-order valence-electron chi connectivity index (χ0n) is 23.8. The Kier molecular flexibility index (Phi) is 13.9. The van der Waals surface area contributed by atoms with Crippen molar-refractivity contribution in [1.29, 1.82) is 0 Å². The second kappa shape index (κ2) is 16.8. The number of carbonyl (C=O) groups excluding carboxylic acids is 3. The number of nitrogens with zero attached hydrogens (tertiary/aromatic N) is 2. The molecule has 41 heavy (non-hydrogen) atoms. The Morgan fingerprint density at radius 1 is 0.902 bits per heavy atom. The van der Waals surface area contributed by atoms with Crippen molar-refractivity contribution < 1.29 is 22.8 Å². The van der Waals surface area contributed by atoms with Crippen LogP contribution in [0.25, 0.3) is 0 Å². The molecule has 0 saturated heterocycles. The monoisotopic (exact) mass is 589 g/mol. The quantitative estimate of drug-likeness (QED) is 0.173. The summed E-state index contributed by atoms with van der Waals surface area (Å²) in [5.74, 6) is -1.57. The van der Waals surface area contributed by atoms with Crippen molar-refractivity contribution in [2.45, 2.75) is 50.1 Å². The van der Waals surface area contributed by atoms with E-state index in [-0.39, 0.29) is 55.5 Å². The predicted octanol–water partition coefficient (Wildman–Crippen LogP) is 0.237. The second-order valence-electron chi connectivity index (χ2n) is 9.46. The van der Waals surface area contributed by atoms with Crippen molar-refractivity contribution in [3.63, 3.8) is 0 Å². The lowest BCUT2D eigenvalue weighted by Gasteiger charge is -2.24. The van der Waals surface area contributed by atoms with E-state index in [1.807, 2.05) is 30.3 Å². The number of aryl methyl sites for hydroxylation is 1. The van der Waals surface area contributed by atoms with E-state index in [2.05, 4.69) is 10.6 Å². The van der Waals surface area contributed by atoms with Gasteiger partial charge in [0, 0.05) is 45.0 Å². The number of nitrogens with two attached hydrogens (primary N) is 3. The van der Waals surface area contributed by atoms with Crippen molar-refractivity contribution in [1.82, 2.24) is 14.5 Å². The fraction of sp³-hybridized carbons (Fsp3) is 0.464. The fourth-order valence-electron chi connectivity index (χ4n) is 4.26. The van der Waals surface area contributed by atoms with Crippen molar-refractivity contribution >= 4 is 33.4 Å². The molecule has 2 atom stereocenters. The van der Waals surface area contributed by atoms with Crippen LogP contribution in [0.2, 0.25) is 0 Å². The Morgan fingerprint density at radius 3 is 2.12 bits per heavy atom. The molecule has 0 heterocycles. The molecule has 2 rings (SSSR count). The smallest absolute Gasteiger partial charge is 0.246 e. The molecule has 0 aromatic heterocycles. The molecule has 0 unspecified atom stereocenters. The van der Waals surface area contributed by atoms with E-state index >= 15 is 0 Å². The molecule has 0 radical (unpaired) electrons. The standard InChI is InChI=1S/C28H43N7O5S/c1-3-35(4-2)41(39,40)23-12-8-11-22(19-23)32-28(38)25(14-13-21-9-6-5-7-10-21)33-27(37)24(31)20-26(36)34(17-15-29)18-16-30/h5-12,19,24-25H,3-4,13-18,20,29-31H2,1-2H3,(H,32,38)(H,33,37)/t24-,25-/m0/s1. The highest BCUT2D eigenvalue weighted by molar-refractivity contribution is 7.89. The normalized spacial score (nSPS) is 12.9. The largest absolute Gasteiger partial charge is 0.343 e. The van der Waals surface area contributed by atoms with Gasteiger partial charge in [-0.15, -0.1) is 0 Å². The van der Waals surface area contributed by atoms with Gasteiger partial charge in [0.15, 0.2) is 0 Å². The molecule has 226 valence electrons. The summed E-state index contributed by atoms with van der Waals surface area (Å²) >= 11 is 0. The Balaban J connectivity index is 2.21. The van der Waals surface area contributed by atoms with Gasteiger partial charge in [-0.3, -0.25) is 14.4 Å². The second-order valence-corrected chi connectivity index (χ2v) is 11.4. The van der Waals surface area contributed by atoms with Crippen LogP contribution in [-0.4, -0.2) is 86.7 Å². The third-order valence-electron chi connectivity index (χ3n) is 6.52. The van der Waals surface area contributed by atoms with Gasteiger partial charge in [0.2, 0.25) is 27.7 Å². The number of benzene rings is 2. The number of nitrogens with one attached hydrogen (secondary N) is 2. The summed E-state index contributed by atoms with van der Waals surface area (Å²) in [6, 6.07) is 13.2. The lowest BCUT2D eigenvalue weighted by atomic mass is 10.0.